The largest absolute Gasteiger partial charge is 0.368 e. The summed E-state index contributed by atoms with van der Waals surface area (Å²) in [4.78, 5) is 8.48. The minimum atomic E-state index is 0.148. The van der Waals surface area contributed by atoms with Crippen molar-refractivity contribution in [1.29, 1.82) is 0 Å². The van der Waals surface area contributed by atoms with Gasteiger partial charge in [-0.15, -0.1) is 0 Å². The fourth-order valence-electron chi connectivity index (χ4n) is 1.38. The van der Waals surface area contributed by atoms with Crippen molar-refractivity contribution in [1.82, 2.24) is 9.97 Å². The molecule has 1 aromatic heterocycles. The molecule has 3 N–H and O–H groups in total. The number of anilines is 1. The number of rotatable bonds is 3. The molecule has 0 saturated carbocycles. The zero-order valence-corrected chi connectivity index (χ0v) is 8.97. The molecule has 0 spiro atoms. The lowest BCUT2D eigenvalue weighted by Gasteiger charge is -2.10. The Kier molecular flexibility index (Phi) is 2.88. The van der Waals surface area contributed by atoms with E-state index in [2.05, 4.69) is 15.3 Å². The number of aromatic nitrogens is 2. The number of fused-ring (bicyclic) bond motifs is 1. The van der Waals surface area contributed by atoms with Gasteiger partial charge in [-0.25, -0.2) is 9.97 Å². The van der Waals surface area contributed by atoms with Gasteiger partial charge in [-0.05, 0) is 6.92 Å². The van der Waals surface area contributed by atoms with E-state index in [1.54, 1.807) is 6.33 Å². The topological polar surface area (TPSA) is 63.8 Å². The predicted octanol–water partition coefficient (Wildman–Crippen LogP) is 0.982. The summed E-state index contributed by atoms with van der Waals surface area (Å²) in [5.74, 6) is 2.97. The van der Waals surface area contributed by atoms with Gasteiger partial charge in [0, 0.05) is 29.7 Å². The van der Waals surface area contributed by atoms with Crippen LogP contribution in [-0.4, -0.2) is 22.6 Å². The Balaban J connectivity index is 2.14. The minimum Gasteiger partial charge on any atom is -0.368 e. The van der Waals surface area contributed by atoms with E-state index in [0.717, 1.165) is 29.6 Å². The first-order chi connectivity index (χ1) is 6.77. The maximum Gasteiger partial charge on any atom is 0.133 e. The van der Waals surface area contributed by atoms with Crippen LogP contribution in [0.3, 0.4) is 0 Å². The third-order valence-electron chi connectivity index (χ3n) is 2.11. The van der Waals surface area contributed by atoms with Crippen LogP contribution in [0, 0.1) is 0 Å². The molecular weight excluding hydrogens is 196 g/mol. The first-order valence-electron chi connectivity index (χ1n) is 4.67. The van der Waals surface area contributed by atoms with Crippen molar-refractivity contribution in [2.75, 3.05) is 11.9 Å². The Labute approximate surface area is 87.7 Å². The van der Waals surface area contributed by atoms with Crippen LogP contribution < -0.4 is 11.1 Å². The molecule has 1 unspecified atom stereocenters. The summed E-state index contributed by atoms with van der Waals surface area (Å²) in [5, 5.41) is 3.26. The molecule has 2 rings (SSSR count). The standard InChI is InChI=1S/C9H14N4S/c1-6(10)2-11-9-7-3-14-4-8(7)12-5-13-9/h5-6H,2-4,10H2,1H3,(H,11,12,13). The SMILES string of the molecule is CC(N)CNc1ncnc2c1CSC2. The molecule has 2 heterocycles. The zero-order chi connectivity index (χ0) is 9.97. The number of thioether (sulfide) groups is 1. The average Bonchev–Trinajstić information content (AvgIpc) is 2.62. The third kappa shape index (κ3) is 1.99. The van der Waals surface area contributed by atoms with Gasteiger partial charge in [-0.2, -0.15) is 11.8 Å². The third-order valence-corrected chi connectivity index (χ3v) is 3.08. The van der Waals surface area contributed by atoms with E-state index in [1.165, 1.54) is 5.56 Å². The Morgan fingerprint density at radius 3 is 3.21 bits per heavy atom. The van der Waals surface area contributed by atoms with Crippen molar-refractivity contribution in [2.45, 2.75) is 24.5 Å². The van der Waals surface area contributed by atoms with Crippen LogP contribution in [-0.2, 0) is 11.5 Å². The van der Waals surface area contributed by atoms with Crippen molar-refractivity contribution in [3.63, 3.8) is 0 Å². The quantitative estimate of drug-likeness (QED) is 0.778. The lowest BCUT2D eigenvalue weighted by atomic mass is 10.2. The first-order valence-corrected chi connectivity index (χ1v) is 5.83. The molecule has 0 amide bonds. The molecule has 14 heavy (non-hydrogen) atoms. The fourth-order valence-corrected chi connectivity index (χ4v) is 2.44. The summed E-state index contributed by atoms with van der Waals surface area (Å²) in [5.41, 5.74) is 8.09. The molecule has 1 aromatic rings. The Morgan fingerprint density at radius 2 is 2.43 bits per heavy atom. The van der Waals surface area contributed by atoms with Gasteiger partial charge in [0.05, 0.1) is 5.69 Å². The molecular formula is C9H14N4S. The summed E-state index contributed by atoms with van der Waals surface area (Å²) >= 11 is 1.88. The van der Waals surface area contributed by atoms with Gasteiger partial charge in [0.15, 0.2) is 0 Å². The van der Waals surface area contributed by atoms with E-state index < -0.39 is 0 Å². The van der Waals surface area contributed by atoms with Crippen molar-refractivity contribution >= 4 is 17.6 Å². The van der Waals surface area contributed by atoms with E-state index in [4.69, 9.17) is 5.73 Å². The minimum absolute atomic E-state index is 0.148. The first kappa shape index (κ1) is 9.73. The van der Waals surface area contributed by atoms with Crippen LogP contribution in [0.5, 0.6) is 0 Å². The van der Waals surface area contributed by atoms with Crippen LogP contribution in [0.25, 0.3) is 0 Å². The van der Waals surface area contributed by atoms with Gasteiger partial charge in [0.2, 0.25) is 0 Å². The van der Waals surface area contributed by atoms with Gasteiger partial charge < -0.3 is 11.1 Å². The zero-order valence-electron chi connectivity index (χ0n) is 8.16. The molecule has 0 aromatic carbocycles. The smallest absolute Gasteiger partial charge is 0.133 e. The monoisotopic (exact) mass is 210 g/mol. The summed E-state index contributed by atoms with van der Waals surface area (Å²) in [7, 11) is 0. The van der Waals surface area contributed by atoms with E-state index in [0.29, 0.717) is 0 Å². The predicted molar refractivity (Wildman–Crippen MR) is 59.2 cm³/mol. The Hall–Kier alpha value is -0.810. The number of hydrogen-bond donors (Lipinski definition) is 2. The van der Waals surface area contributed by atoms with Crippen molar-refractivity contribution in [3.8, 4) is 0 Å². The van der Waals surface area contributed by atoms with Gasteiger partial charge >= 0.3 is 0 Å². The molecule has 0 bridgehead atoms. The normalized spacial score (nSPS) is 16.4. The summed E-state index contributed by atoms with van der Waals surface area (Å²) in [6.45, 7) is 2.73. The van der Waals surface area contributed by atoms with Gasteiger partial charge in [-0.1, -0.05) is 0 Å². The molecule has 0 aliphatic carbocycles. The summed E-state index contributed by atoms with van der Waals surface area (Å²) in [6, 6.07) is 0.148. The van der Waals surface area contributed by atoms with Crippen molar-refractivity contribution in [3.05, 3.63) is 17.6 Å². The number of hydrogen-bond acceptors (Lipinski definition) is 5. The van der Waals surface area contributed by atoms with Gasteiger partial charge in [0.1, 0.15) is 12.1 Å². The van der Waals surface area contributed by atoms with E-state index in [9.17, 15) is 0 Å². The molecule has 4 nitrogen and oxygen atoms in total. The van der Waals surface area contributed by atoms with Crippen LogP contribution in [0.2, 0.25) is 0 Å². The van der Waals surface area contributed by atoms with Crippen molar-refractivity contribution in [2.24, 2.45) is 5.73 Å². The van der Waals surface area contributed by atoms with Crippen LogP contribution in [0.4, 0.5) is 5.82 Å². The highest BCUT2D eigenvalue weighted by molar-refractivity contribution is 7.98. The van der Waals surface area contributed by atoms with Crippen LogP contribution in [0.15, 0.2) is 6.33 Å². The van der Waals surface area contributed by atoms with Gasteiger partial charge in [-0.3, -0.25) is 0 Å². The van der Waals surface area contributed by atoms with E-state index in [1.807, 2.05) is 18.7 Å². The lowest BCUT2D eigenvalue weighted by Crippen LogP contribution is -2.26. The van der Waals surface area contributed by atoms with E-state index in [-0.39, 0.29) is 6.04 Å². The Bertz CT molecular complexity index is 327. The maximum atomic E-state index is 5.67. The molecule has 0 saturated heterocycles. The van der Waals surface area contributed by atoms with Crippen LogP contribution in [0.1, 0.15) is 18.2 Å². The number of nitrogens with two attached hydrogens (primary N) is 1. The van der Waals surface area contributed by atoms with Crippen LogP contribution >= 0.6 is 11.8 Å². The highest BCUT2D eigenvalue weighted by Crippen LogP contribution is 2.31. The molecule has 0 fully saturated rings. The highest BCUT2D eigenvalue weighted by atomic mass is 32.2. The molecule has 1 aliphatic rings. The lowest BCUT2D eigenvalue weighted by molar-refractivity contribution is 0.775. The molecule has 1 aliphatic heterocycles. The number of nitrogens with zero attached hydrogens (tertiary/aromatic N) is 2. The molecule has 1 atom stereocenters. The second kappa shape index (κ2) is 4.14. The second-order valence-corrected chi connectivity index (χ2v) is 4.48. The molecule has 5 heteroatoms. The Morgan fingerprint density at radius 1 is 1.57 bits per heavy atom. The summed E-state index contributed by atoms with van der Waals surface area (Å²) < 4.78 is 0. The second-order valence-electron chi connectivity index (χ2n) is 3.50. The molecule has 76 valence electrons. The molecule has 0 radical (unpaired) electrons. The maximum absolute atomic E-state index is 5.67. The van der Waals surface area contributed by atoms with Crippen molar-refractivity contribution < 1.29 is 0 Å². The fraction of sp³-hybridized carbons (Fsp3) is 0.556. The van der Waals surface area contributed by atoms with E-state index >= 15 is 0 Å². The van der Waals surface area contributed by atoms with Gasteiger partial charge in [0.25, 0.3) is 0 Å². The average molecular weight is 210 g/mol. The highest BCUT2D eigenvalue weighted by Gasteiger charge is 2.17. The number of nitrogens with one attached hydrogen (secondary N) is 1. The summed E-state index contributed by atoms with van der Waals surface area (Å²) in [6.07, 6.45) is 1.62.